The maximum absolute atomic E-state index is 13.5. The van der Waals surface area contributed by atoms with Crippen molar-refractivity contribution < 1.29 is 41.3 Å². The Balaban J connectivity index is 1.24. The summed E-state index contributed by atoms with van der Waals surface area (Å²) in [6.45, 7) is -0.0803. The van der Waals surface area contributed by atoms with E-state index in [1.54, 1.807) is 28.9 Å². The number of nitrogens with zero attached hydrogens (tertiary/aromatic N) is 3. The first-order chi connectivity index (χ1) is 17.2. The fourth-order valence-electron chi connectivity index (χ4n) is 4.47. The van der Waals surface area contributed by atoms with Crippen LogP contribution in [0.4, 0.5) is 22.4 Å². The van der Waals surface area contributed by atoms with Gasteiger partial charge in [-0.15, -0.1) is 0 Å². The van der Waals surface area contributed by atoms with Crippen LogP contribution in [0.5, 0.6) is 5.75 Å². The Hall–Kier alpha value is -2.86. The second-order valence-electron chi connectivity index (χ2n) is 9.09. The summed E-state index contributed by atoms with van der Waals surface area (Å²) in [5, 5.41) is 3.99. The molecule has 12 heteroatoms. The summed E-state index contributed by atoms with van der Waals surface area (Å²) in [6.07, 6.45) is -3.32. The number of rotatable bonds is 7. The monoisotopic (exact) mass is 515 g/mol. The highest BCUT2D eigenvalue weighted by atomic mass is 19.4. The van der Waals surface area contributed by atoms with Gasteiger partial charge >= 0.3 is 12.3 Å². The van der Waals surface area contributed by atoms with Gasteiger partial charge in [0.1, 0.15) is 5.75 Å². The van der Waals surface area contributed by atoms with Crippen LogP contribution in [0.2, 0.25) is 0 Å². The molecule has 0 radical (unpaired) electrons. The SMILES string of the molecule is COc1ccc(COC[C@@H](OC(=O)N2CCC3(CCC(n4cc(F)cn4)CO3)CC2)C(F)(F)F)cc1. The number of alkyl halides is 3. The number of carbonyl (C=O) groups is 1. The van der Waals surface area contributed by atoms with E-state index in [0.717, 1.165) is 12.6 Å². The summed E-state index contributed by atoms with van der Waals surface area (Å²) < 4.78 is 76.4. The molecule has 36 heavy (non-hydrogen) atoms. The van der Waals surface area contributed by atoms with Crippen LogP contribution in [0.15, 0.2) is 36.7 Å². The minimum Gasteiger partial charge on any atom is -0.497 e. The molecule has 3 heterocycles. The van der Waals surface area contributed by atoms with E-state index in [1.165, 1.54) is 18.2 Å². The van der Waals surface area contributed by atoms with E-state index in [-0.39, 0.29) is 25.7 Å². The number of methoxy groups -OCH3 is 1. The maximum Gasteiger partial charge on any atom is 0.427 e. The topological polar surface area (TPSA) is 75.1 Å². The zero-order valence-corrected chi connectivity index (χ0v) is 19.9. The minimum absolute atomic E-state index is 0.0656. The molecule has 198 valence electrons. The molecule has 0 N–H and O–H groups in total. The molecule has 1 spiro atoms. The molecule has 4 rings (SSSR count). The number of aromatic nitrogens is 2. The van der Waals surface area contributed by atoms with Crippen molar-refractivity contribution in [3.8, 4) is 5.75 Å². The number of amides is 1. The van der Waals surface area contributed by atoms with Gasteiger partial charge in [0.15, 0.2) is 5.82 Å². The van der Waals surface area contributed by atoms with Gasteiger partial charge in [-0.1, -0.05) is 12.1 Å². The number of benzene rings is 1. The van der Waals surface area contributed by atoms with Gasteiger partial charge in [0.25, 0.3) is 0 Å². The summed E-state index contributed by atoms with van der Waals surface area (Å²) >= 11 is 0. The number of ether oxygens (including phenoxy) is 4. The third-order valence-corrected chi connectivity index (χ3v) is 6.70. The molecule has 8 nitrogen and oxygen atoms in total. The van der Waals surface area contributed by atoms with Crippen LogP contribution in [0.3, 0.4) is 0 Å². The standard InChI is InChI=1S/C24H29F4N3O5/c1-33-20-4-2-17(3-5-20)14-34-16-21(24(26,27)28)36-22(32)30-10-8-23(9-11-30)7-6-19(15-35-23)31-13-18(25)12-29-31/h2-5,12-13,19,21H,6-11,14-16H2,1H3/t19?,21-/m1/s1. The summed E-state index contributed by atoms with van der Waals surface area (Å²) in [5.41, 5.74) is 0.209. The molecular formula is C24H29F4N3O5. The lowest BCUT2D eigenvalue weighted by Gasteiger charge is -2.45. The molecular weight excluding hydrogens is 486 g/mol. The van der Waals surface area contributed by atoms with E-state index in [2.05, 4.69) is 5.10 Å². The quantitative estimate of drug-likeness (QED) is 0.506. The van der Waals surface area contributed by atoms with Crippen molar-refractivity contribution in [3.63, 3.8) is 0 Å². The first-order valence-electron chi connectivity index (χ1n) is 11.7. The maximum atomic E-state index is 13.5. The van der Waals surface area contributed by atoms with Crippen LogP contribution >= 0.6 is 0 Å². The van der Waals surface area contributed by atoms with Crippen LogP contribution in [0.25, 0.3) is 0 Å². The van der Waals surface area contributed by atoms with Crippen molar-refractivity contribution in [2.24, 2.45) is 0 Å². The molecule has 1 aromatic heterocycles. The van der Waals surface area contributed by atoms with E-state index in [9.17, 15) is 22.4 Å². The molecule has 0 bridgehead atoms. The average molecular weight is 516 g/mol. The molecule has 2 aliphatic rings. The van der Waals surface area contributed by atoms with Crippen LogP contribution in [-0.4, -0.2) is 72.1 Å². The molecule has 1 amide bonds. The number of likely N-dealkylation sites (tertiary alicyclic amines) is 1. The molecule has 0 saturated carbocycles. The molecule has 1 unspecified atom stereocenters. The lowest BCUT2D eigenvalue weighted by molar-refractivity contribution is -0.220. The average Bonchev–Trinajstić information content (AvgIpc) is 3.30. The Morgan fingerprint density at radius 1 is 1.22 bits per heavy atom. The number of halogens is 4. The fraction of sp³-hybridized carbons (Fsp3) is 0.583. The normalized spacial score (nSPS) is 20.8. The first kappa shape index (κ1) is 26.2. The van der Waals surface area contributed by atoms with Gasteiger partial charge in [0.05, 0.1) is 51.0 Å². The van der Waals surface area contributed by atoms with Crippen molar-refractivity contribution in [3.05, 3.63) is 48.0 Å². The second-order valence-corrected chi connectivity index (χ2v) is 9.09. The smallest absolute Gasteiger partial charge is 0.427 e. The van der Waals surface area contributed by atoms with Gasteiger partial charge in [0.2, 0.25) is 6.10 Å². The van der Waals surface area contributed by atoms with Crippen molar-refractivity contribution >= 4 is 6.09 Å². The zero-order valence-electron chi connectivity index (χ0n) is 19.9. The minimum atomic E-state index is -4.76. The molecule has 2 aromatic rings. The Kier molecular flexibility index (Phi) is 8.04. The van der Waals surface area contributed by atoms with Crippen LogP contribution in [-0.2, 0) is 20.8 Å². The van der Waals surface area contributed by atoms with Crippen LogP contribution in [0, 0.1) is 5.82 Å². The number of hydrogen-bond acceptors (Lipinski definition) is 6. The lowest BCUT2D eigenvalue weighted by atomic mass is 9.83. The van der Waals surface area contributed by atoms with Crippen molar-refractivity contribution in [1.82, 2.24) is 14.7 Å². The van der Waals surface area contributed by atoms with E-state index in [0.29, 0.717) is 37.2 Å². The molecule has 1 aromatic carbocycles. The first-order valence-corrected chi connectivity index (χ1v) is 11.7. The van der Waals surface area contributed by atoms with Crippen molar-refractivity contribution in [1.29, 1.82) is 0 Å². The summed E-state index contributed by atoms with van der Waals surface area (Å²) in [7, 11) is 1.51. The van der Waals surface area contributed by atoms with Gasteiger partial charge in [-0.05, 0) is 43.4 Å². The predicted molar refractivity (Wildman–Crippen MR) is 119 cm³/mol. The van der Waals surface area contributed by atoms with Gasteiger partial charge < -0.3 is 23.8 Å². The number of piperidine rings is 1. The highest BCUT2D eigenvalue weighted by molar-refractivity contribution is 5.68. The third-order valence-electron chi connectivity index (χ3n) is 6.70. The van der Waals surface area contributed by atoms with E-state index < -0.39 is 36.4 Å². The Bertz CT molecular complexity index is 996. The van der Waals surface area contributed by atoms with Gasteiger partial charge in [-0.2, -0.15) is 18.3 Å². The highest BCUT2D eigenvalue weighted by Crippen LogP contribution is 2.38. The zero-order chi connectivity index (χ0) is 25.8. The molecule has 2 aliphatic heterocycles. The van der Waals surface area contributed by atoms with Gasteiger partial charge in [0, 0.05) is 13.1 Å². The van der Waals surface area contributed by atoms with E-state index in [1.807, 2.05) is 0 Å². The second kappa shape index (κ2) is 11.0. The summed E-state index contributed by atoms with van der Waals surface area (Å²) in [6, 6.07) is 6.64. The number of carbonyl (C=O) groups excluding carboxylic acids is 1. The highest BCUT2D eigenvalue weighted by Gasteiger charge is 2.45. The molecule has 2 fully saturated rings. The largest absolute Gasteiger partial charge is 0.497 e. The lowest BCUT2D eigenvalue weighted by Crippen LogP contribution is -2.52. The summed E-state index contributed by atoms with van der Waals surface area (Å²) in [4.78, 5) is 13.8. The van der Waals surface area contributed by atoms with E-state index >= 15 is 0 Å². The van der Waals surface area contributed by atoms with Gasteiger partial charge in [-0.3, -0.25) is 4.68 Å². The summed E-state index contributed by atoms with van der Waals surface area (Å²) in [5.74, 6) is 0.210. The predicted octanol–water partition coefficient (Wildman–Crippen LogP) is 4.50. The number of hydrogen-bond donors (Lipinski definition) is 0. The fourth-order valence-corrected chi connectivity index (χ4v) is 4.47. The molecule has 0 aliphatic carbocycles. The Morgan fingerprint density at radius 3 is 2.50 bits per heavy atom. The van der Waals surface area contributed by atoms with E-state index in [4.69, 9.17) is 18.9 Å². The third kappa shape index (κ3) is 6.47. The molecule has 2 saturated heterocycles. The van der Waals surface area contributed by atoms with Crippen molar-refractivity contribution in [2.45, 2.75) is 56.2 Å². The van der Waals surface area contributed by atoms with Gasteiger partial charge in [-0.25, -0.2) is 9.18 Å². The van der Waals surface area contributed by atoms with Crippen LogP contribution < -0.4 is 4.74 Å². The van der Waals surface area contributed by atoms with Crippen LogP contribution in [0.1, 0.15) is 37.3 Å². The van der Waals surface area contributed by atoms with Crippen molar-refractivity contribution in [2.75, 3.05) is 33.4 Å². The Morgan fingerprint density at radius 2 is 1.94 bits per heavy atom. The molecule has 2 atom stereocenters. The Labute approximate surface area is 206 Å².